The highest BCUT2D eigenvalue weighted by molar-refractivity contribution is 5.71. The molecule has 18 heteroatoms. The normalized spacial score (nSPS) is 19.5. The van der Waals surface area contributed by atoms with Gasteiger partial charge in [0.15, 0.2) is 0 Å². The van der Waals surface area contributed by atoms with Crippen molar-refractivity contribution in [2.45, 2.75) is 67.0 Å². The molecule has 18 nitrogen and oxygen atoms in total. The number of carbonyl (C=O) groups excluding carboxylic acids is 2. The Morgan fingerprint density at radius 2 is 0.865 bits per heavy atom. The van der Waals surface area contributed by atoms with Crippen LogP contribution >= 0.6 is 0 Å². The van der Waals surface area contributed by atoms with E-state index < -0.39 is 12.1 Å². The van der Waals surface area contributed by atoms with Gasteiger partial charge in [0.25, 0.3) is 0 Å². The number of aliphatic hydroxyl groups is 1. The maximum absolute atomic E-state index is 11.8. The van der Waals surface area contributed by atoms with Crippen LogP contribution in [0.3, 0.4) is 0 Å². The molecule has 3 fully saturated rings. The quantitative estimate of drug-likeness (QED) is 0.0803. The lowest BCUT2D eigenvalue weighted by molar-refractivity contribution is -0.151. The topological polar surface area (TPSA) is 157 Å². The fourth-order valence-corrected chi connectivity index (χ4v) is 8.21. The van der Waals surface area contributed by atoms with E-state index in [1.165, 1.54) is 58.9 Å². The minimum atomic E-state index is -0.565. The Morgan fingerprint density at radius 3 is 1.23 bits per heavy atom. The predicted octanol–water partition coefficient (Wildman–Crippen LogP) is 3.37. The Balaban J connectivity index is 0.000000424. The Labute approximate surface area is 448 Å². The third-order valence-corrected chi connectivity index (χ3v) is 13.4. The molecule has 2 atom stereocenters. The molecule has 3 aliphatic rings. The number of nitrogens with zero attached hydrogens (tertiary/aromatic N) is 7. The standard InChI is InChI=1S/C28H50N4O5.C14H32N4.C14H18O5.H2/c1-4-29-12-14-30(5-2)16-18-32(19-17-31(6-3)15-13-29)22-27(33)24-35-20-21-36-25-28(34)37-23-26-10-8-7-9-11-26;1-4-16-9-7-15-8-10-17(5-2)12-14-18(6-3)13-11-16;15-14(19-8-12-4-2-1-3-5-12)11-17-7-6-16-9-13-10-18-13;/h7-11,27,33H,4-6,12-25H2,1-3H3;15H,4-14H2,1-3H3;1-5,13H,6-11H2;1H/i;;;1+1. The van der Waals surface area contributed by atoms with E-state index in [0.717, 1.165) is 103 Å². The molecule has 2 unspecified atom stereocenters. The molecule has 3 saturated heterocycles. The second-order valence-electron chi connectivity index (χ2n) is 18.8. The van der Waals surface area contributed by atoms with E-state index in [9.17, 15) is 14.7 Å². The zero-order valence-corrected chi connectivity index (χ0v) is 46.7. The van der Waals surface area contributed by atoms with Crippen LogP contribution in [0.4, 0.5) is 0 Å². The molecule has 0 amide bonds. The first-order valence-corrected chi connectivity index (χ1v) is 27.9. The first kappa shape index (κ1) is 65.1. The molecule has 0 spiro atoms. The lowest BCUT2D eigenvalue weighted by Crippen LogP contribution is -2.47. The van der Waals surface area contributed by atoms with Crippen LogP contribution in [0.5, 0.6) is 0 Å². The van der Waals surface area contributed by atoms with E-state index >= 15 is 0 Å². The van der Waals surface area contributed by atoms with E-state index in [0.29, 0.717) is 33.0 Å². The largest absolute Gasteiger partial charge is 0.459 e. The molecule has 0 aliphatic carbocycles. The number of ether oxygens (including phenoxy) is 7. The van der Waals surface area contributed by atoms with Crippen LogP contribution in [0.1, 0.15) is 54.1 Å². The molecule has 0 bridgehead atoms. The maximum Gasteiger partial charge on any atom is 0.332 e. The van der Waals surface area contributed by atoms with E-state index in [2.05, 4.69) is 81.2 Å². The first-order valence-electron chi connectivity index (χ1n) is 27.9. The van der Waals surface area contributed by atoms with Gasteiger partial charge in [0, 0.05) is 113 Å². The Bertz CT molecular complexity index is 1610. The van der Waals surface area contributed by atoms with E-state index in [4.69, 9.17) is 33.2 Å². The molecule has 0 aromatic heterocycles. The summed E-state index contributed by atoms with van der Waals surface area (Å²) in [7, 11) is 0. The van der Waals surface area contributed by atoms with Gasteiger partial charge in [0.05, 0.1) is 52.4 Å². The molecular formula is C56H102N8O10. The third kappa shape index (κ3) is 33.1. The van der Waals surface area contributed by atoms with Crippen LogP contribution in [0.2, 0.25) is 0 Å². The van der Waals surface area contributed by atoms with Crippen molar-refractivity contribution in [3.05, 3.63) is 71.8 Å². The van der Waals surface area contributed by atoms with Gasteiger partial charge < -0.3 is 73.0 Å². The highest BCUT2D eigenvalue weighted by Crippen LogP contribution is 2.08. The SMILES string of the molecule is CCN1CCN(CC)CCN(CC(O)COCCOCC(=O)OCc2ccccc2)CCN(CC)CC1.CCN1CCNCCN(CC)CCN(CC)CC1.O=C(COCCOCC1CO1)OCc1ccccc1.[2HH]. The van der Waals surface area contributed by atoms with Crippen molar-refractivity contribution in [1.29, 1.82) is 0 Å². The number of likely N-dealkylation sites (N-methyl/N-ethyl adjacent to an activating group) is 6. The van der Waals surface area contributed by atoms with Crippen LogP contribution in [0, 0.1) is 0 Å². The zero-order valence-electron chi connectivity index (χ0n) is 46.7. The van der Waals surface area contributed by atoms with Gasteiger partial charge in [-0.15, -0.1) is 0 Å². The fourth-order valence-electron chi connectivity index (χ4n) is 8.21. The highest BCUT2D eigenvalue weighted by atomic mass is 16.6. The summed E-state index contributed by atoms with van der Waals surface area (Å²) < 4.78 is 36.6. The lowest BCUT2D eigenvalue weighted by Gasteiger charge is -2.34. The molecule has 2 aromatic rings. The zero-order chi connectivity index (χ0) is 53.3. The molecule has 0 saturated carbocycles. The maximum atomic E-state index is 11.8. The fraction of sp³-hybridized carbons (Fsp3) is 0.750. The summed E-state index contributed by atoms with van der Waals surface area (Å²) >= 11 is 0. The molecule has 2 N–H and O–H groups in total. The molecule has 74 heavy (non-hydrogen) atoms. The predicted molar refractivity (Wildman–Crippen MR) is 296 cm³/mol. The van der Waals surface area contributed by atoms with E-state index in [1.807, 2.05) is 60.7 Å². The molecule has 0 radical (unpaired) electrons. The Kier molecular flexibility index (Phi) is 37.7. The monoisotopic (exact) mass is 1050 g/mol. The highest BCUT2D eigenvalue weighted by Gasteiger charge is 2.22. The van der Waals surface area contributed by atoms with Gasteiger partial charge in [-0.1, -0.05) is 102 Å². The third-order valence-electron chi connectivity index (χ3n) is 13.4. The lowest BCUT2D eigenvalue weighted by atomic mass is 10.2. The number of hydrogen-bond donors (Lipinski definition) is 2. The van der Waals surface area contributed by atoms with Crippen molar-refractivity contribution in [1.82, 2.24) is 39.6 Å². The van der Waals surface area contributed by atoms with Crippen molar-refractivity contribution >= 4 is 11.9 Å². The number of carbonyl (C=O) groups is 2. The van der Waals surface area contributed by atoms with Gasteiger partial charge in [-0.05, 0) is 50.4 Å². The summed E-state index contributed by atoms with van der Waals surface area (Å²) in [4.78, 5) is 40.7. The summed E-state index contributed by atoms with van der Waals surface area (Å²) in [6.45, 7) is 41.9. The minimum Gasteiger partial charge on any atom is -0.459 e. The second kappa shape index (κ2) is 42.9. The Hall–Kier alpha value is -3.18. The van der Waals surface area contributed by atoms with Crippen molar-refractivity contribution in [3.63, 3.8) is 0 Å². The van der Waals surface area contributed by atoms with Crippen molar-refractivity contribution < 1.29 is 49.3 Å². The van der Waals surface area contributed by atoms with Gasteiger partial charge in [0.1, 0.15) is 32.5 Å². The van der Waals surface area contributed by atoms with Gasteiger partial charge >= 0.3 is 11.9 Å². The number of rotatable bonds is 26. The summed E-state index contributed by atoms with van der Waals surface area (Å²) in [5.74, 6) is -0.766. The average Bonchev–Trinajstić information content (AvgIpc) is 4.26. The van der Waals surface area contributed by atoms with Crippen molar-refractivity contribution in [2.75, 3.05) is 210 Å². The van der Waals surface area contributed by atoms with E-state index in [1.54, 1.807) is 0 Å². The molecular weight excluding hydrogens is 945 g/mol. The van der Waals surface area contributed by atoms with Crippen molar-refractivity contribution in [2.24, 2.45) is 0 Å². The second-order valence-corrected chi connectivity index (χ2v) is 18.8. The van der Waals surface area contributed by atoms with Crippen LogP contribution in [-0.4, -0.2) is 274 Å². The summed E-state index contributed by atoms with van der Waals surface area (Å²) in [6.07, 6.45) is -0.305. The molecule has 3 heterocycles. The number of epoxide rings is 1. The van der Waals surface area contributed by atoms with Crippen LogP contribution in [0.15, 0.2) is 60.7 Å². The number of nitrogens with one attached hydrogen (secondary N) is 1. The number of β-amino-alcohol motifs (C(OH)–C–C–N with tert-alkyl or cyclic N) is 1. The van der Waals surface area contributed by atoms with Crippen LogP contribution < -0.4 is 5.32 Å². The molecule has 5 rings (SSSR count). The van der Waals surface area contributed by atoms with Crippen LogP contribution in [-0.2, 0) is 56.0 Å². The smallest absolute Gasteiger partial charge is 0.332 e. The van der Waals surface area contributed by atoms with Gasteiger partial charge in [-0.25, -0.2) is 9.59 Å². The van der Waals surface area contributed by atoms with Gasteiger partial charge in [0.2, 0.25) is 0 Å². The Morgan fingerprint density at radius 1 is 0.527 bits per heavy atom. The summed E-state index contributed by atoms with van der Waals surface area (Å²) in [5.41, 5.74) is 1.90. The molecule has 3 aliphatic heterocycles. The summed E-state index contributed by atoms with van der Waals surface area (Å²) in [6, 6.07) is 19.1. The number of hydrogen-bond acceptors (Lipinski definition) is 18. The van der Waals surface area contributed by atoms with Crippen LogP contribution in [0.25, 0.3) is 0 Å². The van der Waals surface area contributed by atoms with E-state index in [-0.39, 0.29) is 53.1 Å². The molecule has 2 aromatic carbocycles. The number of esters is 2. The van der Waals surface area contributed by atoms with Gasteiger partial charge in [-0.2, -0.15) is 0 Å². The minimum absolute atomic E-state index is 0. The number of aliphatic hydroxyl groups excluding tert-OH is 1. The molecule has 426 valence electrons. The summed E-state index contributed by atoms with van der Waals surface area (Å²) in [5, 5.41) is 14.2. The average molecular weight is 1050 g/mol. The van der Waals surface area contributed by atoms with Gasteiger partial charge in [-0.3, -0.25) is 4.90 Å². The van der Waals surface area contributed by atoms with Crippen molar-refractivity contribution in [3.8, 4) is 0 Å². The number of benzene rings is 2. The first-order chi connectivity index (χ1) is 36.2.